The molecule has 0 radical (unpaired) electrons. The van der Waals surface area contributed by atoms with Crippen molar-refractivity contribution in [2.24, 2.45) is 23.7 Å². The van der Waals surface area contributed by atoms with Gasteiger partial charge in [0, 0.05) is 64.7 Å². The van der Waals surface area contributed by atoms with Gasteiger partial charge in [0.2, 0.25) is 17.5 Å². The van der Waals surface area contributed by atoms with Crippen LogP contribution in [0.4, 0.5) is 102 Å². The minimum Gasteiger partial charge on any atom is -0.377 e. The quantitative estimate of drug-likeness (QED) is 0.0419. The van der Waals surface area contributed by atoms with Crippen molar-refractivity contribution >= 4 is 50.6 Å². The number of ether oxygens (including phenoxy) is 1. The molecular weight excluding hydrogens is 1490 g/mol. The highest BCUT2D eigenvalue weighted by Crippen LogP contribution is 2.43. The monoisotopic (exact) mass is 1570 g/mol. The number of rotatable bonds is 21. The molecule has 5 N–H and O–H groups in total. The van der Waals surface area contributed by atoms with Gasteiger partial charge in [0.25, 0.3) is 10.0 Å². The van der Waals surface area contributed by atoms with E-state index >= 15 is 13.2 Å². The van der Waals surface area contributed by atoms with Crippen LogP contribution in [0.1, 0.15) is 166 Å². The molecule has 4 aromatic carbocycles. The fourth-order valence-corrected chi connectivity index (χ4v) is 15.1. The van der Waals surface area contributed by atoms with E-state index in [4.69, 9.17) is 10.00 Å². The maximum absolute atomic E-state index is 15.6. The number of alkyl halides is 11. The minimum absolute atomic E-state index is 0.0514. The summed E-state index contributed by atoms with van der Waals surface area (Å²) < 4.78 is 220. The van der Waals surface area contributed by atoms with Crippen LogP contribution in [0.2, 0.25) is 0 Å². The fraction of sp³-hybridized carbons (Fsp3) is 0.486. The molecule has 3 saturated heterocycles. The van der Waals surface area contributed by atoms with Crippen molar-refractivity contribution < 1.29 is 74.6 Å². The van der Waals surface area contributed by atoms with Crippen molar-refractivity contribution in [2.45, 2.75) is 158 Å². The molecule has 13 rings (SSSR count). The van der Waals surface area contributed by atoms with E-state index in [9.17, 15) is 56.7 Å². The molecule has 2 saturated carbocycles. The Balaban J connectivity index is 0.000000164. The number of nitrogens with zero attached hydrogens (tertiary/aromatic N) is 13. The van der Waals surface area contributed by atoms with Crippen LogP contribution in [0.5, 0.6) is 0 Å². The van der Waals surface area contributed by atoms with Gasteiger partial charge in [-0.25, -0.2) is 38.3 Å². The van der Waals surface area contributed by atoms with E-state index in [1.54, 1.807) is 9.62 Å². The summed E-state index contributed by atoms with van der Waals surface area (Å²) in [6.07, 6.45) is 5.13. The smallest absolute Gasteiger partial charge is 0.377 e. The molecule has 0 bridgehead atoms. The van der Waals surface area contributed by atoms with Gasteiger partial charge in [0.15, 0.2) is 40.7 Å². The Kier molecular flexibility index (Phi) is 26.5. The van der Waals surface area contributed by atoms with E-state index in [1.807, 2.05) is 9.80 Å². The SMILES string of the molecule is CC(F)(F)S(=O)(=O)Nc1ccc(CNc2ncnc(N3CCOCC3c3ccc(C(F)(F)F)cc3)c2F)cc1.Fc1c(NCC2CCC(Cc3nn[nH]n3)CC2)ncnc1N1CCCCC1c1ccc(C(F)(F)F)cc1.N#CCC1CCC(CNc2ncnc(N3CCCCC3c3ccc(C(F)(F)F)cc3)c2F)CC1. The number of hydrogen-bond acceptors (Lipinski definition) is 19. The maximum atomic E-state index is 15.6. The van der Waals surface area contributed by atoms with Crippen LogP contribution in [0, 0.1) is 52.5 Å². The lowest BCUT2D eigenvalue weighted by Crippen LogP contribution is -2.40. The summed E-state index contributed by atoms with van der Waals surface area (Å²) in [5, 5.41) is 28.2. The molecule has 590 valence electrons. The highest BCUT2D eigenvalue weighted by atomic mass is 32.2. The molecule has 5 aliphatic rings. The van der Waals surface area contributed by atoms with Crippen LogP contribution in [-0.2, 0) is 46.3 Å². The summed E-state index contributed by atoms with van der Waals surface area (Å²) >= 11 is 0. The standard InChI is InChI=1S/C25H30F4N8.C25H29F4N5.C24H23F6N5O3S/c26-22-23(30-14-17-6-4-16(5-7-17)13-21-33-35-36-34-21)31-15-32-24(22)37-12-2-1-3-20(37)18-8-10-19(11-9-18)25(27,28)29;26-22-23(31-15-18-6-4-17(5-7-18)12-13-30)32-16-33-24(22)34-14-2-1-3-21(34)19-8-10-20(11-9-19)25(27,28)29;1-23(26,27)39(36,37)34-18-8-2-15(3-9-18)12-31-21-20(25)22(33-14-32-21)35-10-11-38-13-19(35)16-4-6-17(7-5-16)24(28,29)30/h8-11,15-17,20H,1-7,12-14H2,(H,30,31,32)(H,33,34,35,36);8-11,16-18,21H,1-7,12,14-15H2,(H,31,32,33);2-9,14,19,34H,10-13H2,1H3,(H,31,32,33). The largest absolute Gasteiger partial charge is 0.416 e. The van der Waals surface area contributed by atoms with Crippen LogP contribution in [0.15, 0.2) is 116 Å². The molecule has 5 fully saturated rings. The second-order valence-corrected chi connectivity index (χ2v) is 30.0. The predicted octanol–water partition coefficient (Wildman–Crippen LogP) is 17.0. The molecule has 36 heteroatoms. The molecule has 110 heavy (non-hydrogen) atoms. The van der Waals surface area contributed by atoms with E-state index in [1.165, 1.54) is 73.3 Å². The highest BCUT2D eigenvalue weighted by molar-refractivity contribution is 7.93. The summed E-state index contributed by atoms with van der Waals surface area (Å²) in [6.45, 7) is 3.27. The van der Waals surface area contributed by atoms with Gasteiger partial charge in [-0.1, -0.05) is 53.7 Å². The van der Waals surface area contributed by atoms with Crippen molar-refractivity contribution in [2.75, 3.05) is 81.3 Å². The van der Waals surface area contributed by atoms with Gasteiger partial charge < -0.3 is 35.4 Å². The predicted molar refractivity (Wildman–Crippen MR) is 382 cm³/mol. The summed E-state index contributed by atoms with van der Waals surface area (Å²) in [4.78, 5) is 30.0. The second-order valence-electron chi connectivity index (χ2n) is 28.0. The van der Waals surface area contributed by atoms with Gasteiger partial charge in [-0.3, -0.25) is 4.72 Å². The number of anilines is 7. The molecule has 3 aliphatic heterocycles. The van der Waals surface area contributed by atoms with E-state index < -0.39 is 74.0 Å². The molecule has 0 amide bonds. The zero-order chi connectivity index (χ0) is 78.4. The third-order valence-corrected chi connectivity index (χ3v) is 22.0. The first kappa shape index (κ1) is 81.2. The second kappa shape index (κ2) is 35.9. The summed E-state index contributed by atoms with van der Waals surface area (Å²) in [7, 11) is -4.90. The summed E-state index contributed by atoms with van der Waals surface area (Å²) in [5.74, 6) is 1.18. The number of nitrogens with one attached hydrogen (secondary N) is 5. The van der Waals surface area contributed by atoms with Crippen molar-refractivity contribution in [3.8, 4) is 6.07 Å². The average molecular weight is 1570 g/mol. The zero-order valence-electron chi connectivity index (χ0n) is 59.7. The van der Waals surface area contributed by atoms with Crippen LogP contribution < -0.4 is 35.4 Å². The highest BCUT2D eigenvalue weighted by Gasteiger charge is 2.41. The first-order valence-electron chi connectivity index (χ1n) is 36.2. The zero-order valence-corrected chi connectivity index (χ0v) is 60.5. The van der Waals surface area contributed by atoms with Gasteiger partial charge in [0.1, 0.15) is 19.0 Å². The summed E-state index contributed by atoms with van der Waals surface area (Å²) in [5.41, 5.74) is 0.233. The number of tetrazole rings is 1. The molecule has 3 atom stereocenters. The lowest BCUT2D eigenvalue weighted by molar-refractivity contribution is -0.138. The average Bonchev–Trinajstić information content (AvgIpc) is 0.875. The van der Waals surface area contributed by atoms with Gasteiger partial charge in [0.05, 0.1) is 54.1 Å². The van der Waals surface area contributed by atoms with Crippen molar-refractivity contribution in [1.29, 1.82) is 5.26 Å². The maximum Gasteiger partial charge on any atom is 0.416 e. The summed E-state index contributed by atoms with van der Waals surface area (Å²) in [6, 6.07) is 21.4. The van der Waals surface area contributed by atoms with Gasteiger partial charge >= 0.3 is 23.8 Å². The normalized spacial score (nSPS) is 20.8. The number of H-pyrrole nitrogens is 1. The number of nitriles is 1. The van der Waals surface area contributed by atoms with E-state index in [0.717, 1.165) is 138 Å². The first-order chi connectivity index (χ1) is 52.5. The Morgan fingerprint density at radius 2 is 0.918 bits per heavy atom. The van der Waals surface area contributed by atoms with Crippen LogP contribution in [-0.4, -0.2) is 110 Å². The number of aromatic nitrogens is 10. The topological polar surface area (TPSA) is 257 Å². The van der Waals surface area contributed by atoms with Crippen LogP contribution >= 0.6 is 0 Å². The molecule has 4 aromatic heterocycles. The van der Waals surface area contributed by atoms with E-state index in [-0.39, 0.29) is 85.9 Å². The number of piperidine rings is 2. The fourth-order valence-electron chi connectivity index (χ4n) is 14.5. The molecule has 3 unspecified atom stereocenters. The Morgan fingerprint density at radius 1 is 0.509 bits per heavy atom. The van der Waals surface area contributed by atoms with Gasteiger partial charge in [-0.2, -0.15) is 71.9 Å². The van der Waals surface area contributed by atoms with Crippen molar-refractivity contribution in [1.82, 2.24) is 50.5 Å². The van der Waals surface area contributed by atoms with E-state index in [0.29, 0.717) is 85.8 Å². The van der Waals surface area contributed by atoms with Gasteiger partial charge in [-0.05, 0) is 184 Å². The number of halogens is 14. The number of hydrogen-bond donors (Lipinski definition) is 5. The minimum atomic E-state index is -4.90. The van der Waals surface area contributed by atoms with E-state index in [2.05, 4.69) is 72.5 Å². The Hall–Kier alpha value is -9.79. The molecule has 2 aliphatic carbocycles. The Bertz CT molecular complexity index is 4430. The number of aromatic amines is 1. The number of morpholine rings is 1. The van der Waals surface area contributed by atoms with Crippen molar-refractivity contribution in [3.05, 3.63) is 178 Å². The van der Waals surface area contributed by atoms with Gasteiger partial charge in [-0.15, -0.1) is 10.2 Å². The lowest BCUT2D eigenvalue weighted by Gasteiger charge is -2.37. The van der Waals surface area contributed by atoms with Crippen LogP contribution in [0.25, 0.3) is 0 Å². The number of benzene rings is 4. The number of sulfonamides is 1. The molecular formula is C74H82F14N18O3S. The lowest BCUT2D eigenvalue weighted by atomic mass is 9.80. The van der Waals surface area contributed by atoms with Crippen LogP contribution in [0.3, 0.4) is 0 Å². The molecule has 21 nitrogen and oxygen atoms in total. The molecule has 0 spiro atoms. The molecule has 8 aromatic rings. The Labute approximate surface area is 625 Å². The third kappa shape index (κ3) is 21.0. The van der Waals surface area contributed by atoms with Crippen molar-refractivity contribution in [3.63, 3.8) is 0 Å². The Morgan fingerprint density at radius 3 is 1.33 bits per heavy atom. The first-order valence-corrected chi connectivity index (χ1v) is 37.7. The molecule has 7 heterocycles. The third-order valence-electron chi connectivity index (χ3n) is 20.6.